The highest BCUT2D eigenvalue weighted by Gasteiger charge is 2.51. The minimum atomic E-state index is -0.337. The molecule has 2 aliphatic heterocycles. The van der Waals surface area contributed by atoms with Crippen LogP contribution in [-0.4, -0.2) is 37.6 Å². The van der Waals surface area contributed by atoms with E-state index in [2.05, 4.69) is 30.5 Å². The van der Waals surface area contributed by atoms with Crippen LogP contribution >= 0.6 is 11.6 Å². The van der Waals surface area contributed by atoms with Gasteiger partial charge in [-0.25, -0.2) is 19.9 Å². The molecular formula is C21H17ClN6O. The van der Waals surface area contributed by atoms with Gasteiger partial charge in [-0.2, -0.15) is 0 Å². The predicted molar refractivity (Wildman–Crippen MR) is 110 cm³/mol. The molecule has 0 radical (unpaired) electrons. The number of fused-ring (bicyclic) bond motifs is 3. The summed E-state index contributed by atoms with van der Waals surface area (Å²) < 4.78 is 8.08. The molecule has 2 aliphatic rings. The highest BCUT2D eigenvalue weighted by Crippen LogP contribution is 2.48. The number of rotatable bonds is 2. The number of aryl methyl sites for hydroxylation is 1. The second kappa shape index (κ2) is 5.90. The van der Waals surface area contributed by atoms with Crippen LogP contribution in [0.3, 0.4) is 0 Å². The average Bonchev–Trinajstić information content (AvgIpc) is 3.32. The number of hydrogen-bond acceptors (Lipinski definition) is 6. The highest BCUT2D eigenvalue weighted by atomic mass is 35.5. The van der Waals surface area contributed by atoms with Crippen LogP contribution in [0.25, 0.3) is 22.4 Å². The van der Waals surface area contributed by atoms with Crippen molar-refractivity contribution in [2.24, 2.45) is 7.05 Å². The summed E-state index contributed by atoms with van der Waals surface area (Å²) in [6.45, 7) is 1.55. The lowest BCUT2D eigenvalue weighted by Gasteiger charge is -2.39. The van der Waals surface area contributed by atoms with Crippen LogP contribution in [0.15, 0.2) is 49.1 Å². The van der Waals surface area contributed by atoms with E-state index in [0.29, 0.717) is 17.4 Å². The van der Waals surface area contributed by atoms with Crippen molar-refractivity contribution in [2.45, 2.75) is 12.0 Å². The molecular weight excluding hydrogens is 388 g/mol. The zero-order valence-corrected chi connectivity index (χ0v) is 16.5. The van der Waals surface area contributed by atoms with Crippen LogP contribution in [0.5, 0.6) is 5.88 Å². The lowest BCUT2D eigenvalue weighted by atomic mass is 9.90. The molecule has 0 bridgehead atoms. The topological polar surface area (TPSA) is 69.0 Å². The summed E-state index contributed by atoms with van der Waals surface area (Å²) >= 11 is 6.52. The Labute approximate surface area is 172 Å². The molecule has 1 spiro atoms. The number of para-hydroxylation sites is 2. The first-order valence-electron chi connectivity index (χ1n) is 9.46. The molecule has 1 aromatic carbocycles. The Bertz CT molecular complexity index is 1270. The van der Waals surface area contributed by atoms with Gasteiger partial charge >= 0.3 is 0 Å². The fourth-order valence-electron chi connectivity index (χ4n) is 4.34. The van der Waals surface area contributed by atoms with Gasteiger partial charge < -0.3 is 14.2 Å². The molecule has 144 valence electrons. The maximum absolute atomic E-state index is 6.52. The van der Waals surface area contributed by atoms with Gasteiger partial charge in [0, 0.05) is 38.0 Å². The second-order valence-corrected chi connectivity index (χ2v) is 7.92. The second-order valence-electron chi connectivity index (χ2n) is 7.51. The summed E-state index contributed by atoms with van der Waals surface area (Å²) in [4.78, 5) is 19.9. The SMILES string of the molecule is Cn1c(-c2cc(N3CCC4(C3)Oc3ncncc34)ncc2Cl)nc2ccccc21. The smallest absolute Gasteiger partial charge is 0.224 e. The van der Waals surface area contributed by atoms with Gasteiger partial charge in [0.1, 0.15) is 18.0 Å². The van der Waals surface area contributed by atoms with E-state index in [1.54, 1.807) is 6.20 Å². The van der Waals surface area contributed by atoms with Gasteiger partial charge in [-0.1, -0.05) is 23.7 Å². The number of halogens is 1. The minimum Gasteiger partial charge on any atom is -0.464 e. The van der Waals surface area contributed by atoms with Crippen LogP contribution in [0.2, 0.25) is 5.02 Å². The van der Waals surface area contributed by atoms with E-state index in [-0.39, 0.29) is 5.60 Å². The van der Waals surface area contributed by atoms with Crippen molar-refractivity contribution in [3.63, 3.8) is 0 Å². The number of pyridine rings is 1. The van der Waals surface area contributed by atoms with Gasteiger partial charge in [0.15, 0.2) is 5.60 Å². The van der Waals surface area contributed by atoms with Gasteiger partial charge in [-0.05, 0) is 18.2 Å². The molecule has 4 aromatic rings. The first-order valence-corrected chi connectivity index (χ1v) is 9.84. The molecule has 8 heteroatoms. The molecule has 0 saturated carbocycles. The summed E-state index contributed by atoms with van der Waals surface area (Å²) in [5.41, 5.74) is 3.62. The van der Waals surface area contributed by atoms with Gasteiger partial charge in [0.2, 0.25) is 5.88 Å². The molecule has 0 aliphatic carbocycles. The summed E-state index contributed by atoms with van der Waals surface area (Å²) in [6.07, 6.45) is 5.95. The summed E-state index contributed by atoms with van der Waals surface area (Å²) in [7, 11) is 2.01. The van der Waals surface area contributed by atoms with Gasteiger partial charge in [0.25, 0.3) is 0 Å². The molecule has 29 heavy (non-hydrogen) atoms. The number of benzene rings is 1. The maximum atomic E-state index is 6.52. The van der Waals surface area contributed by atoms with Gasteiger partial charge in [0.05, 0.1) is 28.2 Å². The number of imidazole rings is 1. The van der Waals surface area contributed by atoms with Crippen molar-refractivity contribution in [3.8, 4) is 17.3 Å². The zero-order chi connectivity index (χ0) is 19.6. The van der Waals surface area contributed by atoms with E-state index in [0.717, 1.165) is 46.8 Å². The first-order chi connectivity index (χ1) is 14.1. The first kappa shape index (κ1) is 16.7. The quantitative estimate of drug-likeness (QED) is 0.508. The number of anilines is 1. The van der Waals surface area contributed by atoms with E-state index in [1.165, 1.54) is 6.33 Å². The molecule has 1 atom stereocenters. The third-order valence-electron chi connectivity index (χ3n) is 5.88. The lowest BCUT2D eigenvalue weighted by Crippen LogP contribution is -2.44. The Kier molecular flexibility index (Phi) is 3.41. The minimum absolute atomic E-state index is 0.337. The van der Waals surface area contributed by atoms with Crippen LogP contribution in [0.4, 0.5) is 5.82 Å². The molecule has 7 nitrogen and oxygen atoms in total. The van der Waals surface area contributed by atoms with E-state index in [1.807, 2.05) is 37.5 Å². The van der Waals surface area contributed by atoms with Crippen molar-refractivity contribution in [1.29, 1.82) is 0 Å². The maximum Gasteiger partial charge on any atom is 0.224 e. The van der Waals surface area contributed by atoms with Gasteiger partial charge in [-0.15, -0.1) is 0 Å². The van der Waals surface area contributed by atoms with E-state index in [4.69, 9.17) is 21.3 Å². The summed E-state index contributed by atoms with van der Waals surface area (Å²) in [5.74, 6) is 2.38. The van der Waals surface area contributed by atoms with E-state index < -0.39 is 0 Å². The van der Waals surface area contributed by atoms with Crippen molar-refractivity contribution >= 4 is 28.5 Å². The standard InChI is InChI=1S/C21H17ClN6O/c1-27-17-5-3-2-4-16(17)26-19(27)13-8-18(24-10-15(13)22)28-7-6-21(11-28)14-9-23-12-25-20(14)29-21/h2-5,8-10,12H,6-7,11H2,1H3. The van der Waals surface area contributed by atoms with Crippen molar-refractivity contribution in [1.82, 2.24) is 24.5 Å². The number of nitrogens with zero attached hydrogens (tertiary/aromatic N) is 6. The largest absolute Gasteiger partial charge is 0.464 e. The predicted octanol–water partition coefficient (Wildman–Crippen LogP) is 3.58. The molecule has 0 amide bonds. The highest BCUT2D eigenvalue weighted by molar-refractivity contribution is 6.33. The number of hydrogen-bond donors (Lipinski definition) is 0. The summed E-state index contributed by atoms with van der Waals surface area (Å²) in [5, 5.41) is 0.583. The summed E-state index contributed by atoms with van der Waals surface area (Å²) in [6, 6.07) is 10.1. The molecule has 6 rings (SSSR count). The van der Waals surface area contributed by atoms with Crippen LogP contribution in [0, 0.1) is 0 Å². The van der Waals surface area contributed by atoms with Crippen molar-refractivity contribution in [3.05, 3.63) is 59.6 Å². The molecule has 1 saturated heterocycles. The Balaban J connectivity index is 1.37. The molecule has 0 N–H and O–H groups in total. The van der Waals surface area contributed by atoms with E-state index in [9.17, 15) is 0 Å². The monoisotopic (exact) mass is 404 g/mol. The van der Waals surface area contributed by atoms with Crippen LogP contribution in [-0.2, 0) is 12.6 Å². The number of ether oxygens (including phenoxy) is 1. The van der Waals surface area contributed by atoms with Crippen LogP contribution in [0.1, 0.15) is 12.0 Å². The molecule has 3 aromatic heterocycles. The fourth-order valence-corrected chi connectivity index (χ4v) is 4.53. The lowest BCUT2D eigenvalue weighted by molar-refractivity contribution is 0.0265. The Morgan fingerprint density at radius 2 is 2.07 bits per heavy atom. The molecule has 5 heterocycles. The van der Waals surface area contributed by atoms with Crippen molar-refractivity contribution < 1.29 is 4.74 Å². The molecule has 1 fully saturated rings. The third kappa shape index (κ3) is 2.37. The van der Waals surface area contributed by atoms with Gasteiger partial charge in [-0.3, -0.25) is 0 Å². The van der Waals surface area contributed by atoms with Crippen LogP contribution < -0.4 is 9.64 Å². The molecule has 1 unspecified atom stereocenters. The normalized spacial score (nSPS) is 20.0. The Hall–Kier alpha value is -3.19. The van der Waals surface area contributed by atoms with Crippen molar-refractivity contribution in [2.75, 3.05) is 18.0 Å². The average molecular weight is 405 g/mol. The Morgan fingerprint density at radius 1 is 1.17 bits per heavy atom. The Morgan fingerprint density at radius 3 is 2.93 bits per heavy atom. The van der Waals surface area contributed by atoms with E-state index >= 15 is 0 Å². The third-order valence-corrected chi connectivity index (χ3v) is 6.18. The zero-order valence-electron chi connectivity index (χ0n) is 15.7. The number of aromatic nitrogens is 5. The fraction of sp³-hybridized carbons (Fsp3) is 0.238.